The second kappa shape index (κ2) is 7.58. The van der Waals surface area contributed by atoms with Crippen molar-refractivity contribution >= 4 is 28.9 Å². The van der Waals surface area contributed by atoms with E-state index < -0.39 is 0 Å². The van der Waals surface area contributed by atoms with Crippen LogP contribution in [0, 0.1) is 0 Å². The van der Waals surface area contributed by atoms with E-state index in [1.165, 1.54) is 0 Å². The Labute approximate surface area is 136 Å². The highest BCUT2D eigenvalue weighted by Crippen LogP contribution is 2.28. The van der Waals surface area contributed by atoms with E-state index in [9.17, 15) is 0 Å². The van der Waals surface area contributed by atoms with Gasteiger partial charge in [-0.2, -0.15) is 0 Å². The molecule has 0 aliphatic heterocycles. The summed E-state index contributed by atoms with van der Waals surface area (Å²) < 4.78 is 5.57. The highest BCUT2D eigenvalue weighted by atomic mass is 35.5. The van der Waals surface area contributed by atoms with Crippen LogP contribution < -0.4 is 10.1 Å². The van der Waals surface area contributed by atoms with Gasteiger partial charge in [0.05, 0.1) is 6.61 Å². The lowest BCUT2D eigenvalue weighted by Gasteiger charge is -2.17. The molecule has 0 heterocycles. The number of hydrogen-bond donors (Lipinski definition) is 1. The Morgan fingerprint density at radius 1 is 1.10 bits per heavy atom. The maximum absolute atomic E-state index is 6.23. The number of nitrogens with one attached hydrogen (secondary N) is 1. The minimum absolute atomic E-state index is 0.0946. The molecule has 1 unspecified atom stereocenters. The van der Waals surface area contributed by atoms with Crippen molar-refractivity contribution in [2.24, 2.45) is 0 Å². The lowest BCUT2D eigenvalue weighted by atomic mass is 10.1. The average molecular weight is 324 g/mol. The van der Waals surface area contributed by atoms with Crippen molar-refractivity contribution in [2.45, 2.75) is 26.3 Å². The van der Waals surface area contributed by atoms with E-state index in [2.05, 4.69) is 19.2 Å². The first-order chi connectivity index (χ1) is 10.1. The molecule has 0 aliphatic rings. The minimum Gasteiger partial charge on any atom is -0.494 e. The predicted molar refractivity (Wildman–Crippen MR) is 90.7 cm³/mol. The zero-order valence-corrected chi connectivity index (χ0v) is 13.7. The summed E-state index contributed by atoms with van der Waals surface area (Å²) in [4.78, 5) is 0. The van der Waals surface area contributed by atoms with E-state index in [1.807, 2.05) is 36.4 Å². The summed E-state index contributed by atoms with van der Waals surface area (Å²) in [6.45, 7) is 4.90. The zero-order valence-electron chi connectivity index (χ0n) is 12.2. The van der Waals surface area contributed by atoms with Crippen LogP contribution in [-0.4, -0.2) is 6.61 Å². The predicted octanol–water partition coefficient (Wildman–Crippen LogP) is 5.96. The van der Waals surface area contributed by atoms with E-state index in [-0.39, 0.29) is 6.04 Å². The number of hydrogen-bond acceptors (Lipinski definition) is 2. The quantitative estimate of drug-likeness (QED) is 0.708. The van der Waals surface area contributed by atoms with Crippen LogP contribution in [-0.2, 0) is 0 Å². The number of ether oxygens (including phenoxy) is 1. The number of halogens is 2. The van der Waals surface area contributed by atoms with Crippen molar-refractivity contribution in [3.63, 3.8) is 0 Å². The molecule has 0 amide bonds. The maximum atomic E-state index is 6.23. The molecule has 0 aromatic heterocycles. The fourth-order valence-electron chi connectivity index (χ4n) is 2.05. The lowest BCUT2D eigenvalue weighted by Crippen LogP contribution is -2.07. The molecule has 1 atom stereocenters. The molecule has 0 bridgehead atoms. The van der Waals surface area contributed by atoms with Crippen molar-refractivity contribution in [2.75, 3.05) is 11.9 Å². The van der Waals surface area contributed by atoms with Crippen LogP contribution >= 0.6 is 23.2 Å². The van der Waals surface area contributed by atoms with Gasteiger partial charge < -0.3 is 10.1 Å². The number of anilines is 1. The molecule has 4 heteroatoms. The zero-order chi connectivity index (χ0) is 15.2. The summed E-state index contributed by atoms with van der Waals surface area (Å²) in [5.74, 6) is 0.888. The molecule has 0 fully saturated rings. The summed E-state index contributed by atoms with van der Waals surface area (Å²) >= 11 is 12.2. The molecular weight excluding hydrogens is 305 g/mol. The van der Waals surface area contributed by atoms with Crippen LogP contribution in [0.3, 0.4) is 0 Å². The number of rotatable bonds is 6. The van der Waals surface area contributed by atoms with Gasteiger partial charge in [-0.15, -0.1) is 0 Å². The van der Waals surface area contributed by atoms with Crippen LogP contribution in [0.2, 0.25) is 10.0 Å². The molecule has 2 aromatic carbocycles. The van der Waals surface area contributed by atoms with Gasteiger partial charge in [-0.25, -0.2) is 0 Å². The first-order valence-corrected chi connectivity index (χ1v) is 7.80. The first kappa shape index (κ1) is 16.0. The van der Waals surface area contributed by atoms with Gasteiger partial charge in [0.2, 0.25) is 0 Å². The Kier molecular flexibility index (Phi) is 5.77. The third-order valence-corrected chi connectivity index (χ3v) is 3.70. The van der Waals surface area contributed by atoms with Crippen LogP contribution in [0.4, 0.5) is 5.69 Å². The SMILES string of the molecule is CCCOc1ccc(NC(C)c2ccc(Cl)cc2Cl)cc1. The molecule has 0 radical (unpaired) electrons. The van der Waals surface area contributed by atoms with Gasteiger partial charge in [-0.1, -0.05) is 36.2 Å². The standard InChI is InChI=1S/C17H19Cl2NO/c1-3-10-21-15-7-5-14(6-8-15)20-12(2)16-9-4-13(18)11-17(16)19/h4-9,11-12,20H,3,10H2,1-2H3. The third kappa shape index (κ3) is 4.55. The van der Waals surface area contributed by atoms with E-state index in [1.54, 1.807) is 6.07 Å². The fourth-order valence-corrected chi connectivity index (χ4v) is 2.62. The van der Waals surface area contributed by atoms with E-state index in [0.717, 1.165) is 30.0 Å². The largest absolute Gasteiger partial charge is 0.494 e. The van der Waals surface area contributed by atoms with Gasteiger partial charge >= 0.3 is 0 Å². The molecule has 112 valence electrons. The van der Waals surface area contributed by atoms with Gasteiger partial charge in [0.1, 0.15) is 5.75 Å². The Morgan fingerprint density at radius 3 is 2.43 bits per heavy atom. The summed E-state index contributed by atoms with van der Waals surface area (Å²) in [6, 6.07) is 13.6. The van der Waals surface area contributed by atoms with Gasteiger partial charge in [-0.05, 0) is 55.3 Å². The van der Waals surface area contributed by atoms with Crippen molar-refractivity contribution in [3.05, 3.63) is 58.1 Å². The second-order valence-corrected chi connectivity index (χ2v) is 5.75. The monoisotopic (exact) mass is 323 g/mol. The van der Waals surface area contributed by atoms with Crippen molar-refractivity contribution in [1.82, 2.24) is 0 Å². The minimum atomic E-state index is 0.0946. The highest BCUT2D eigenvalue weighted by molar-refractivity contribution is 6.35. The molecule has 1 N–H and O–H groups in total. The summed E-state index contributed by atoms with van der Waals surface area (Å²) in [6.07, 6.45) is 1.01. The van der Waals surface area contributed by atoms with Gasteiger partial charge in [-0.3, -0.25) is 0 Å². The fraction of sp³-hybridized carbons (Fsp3) is 0.294. The summed E-state index contributed by atoms with van der Waals surface area (Å²) in [5, 5.41) is 4.74. The molecule has 0 spiro atoms. The second-order valence-electron chi connectivity index (χ2n) is 4.90. The first-order valence-electron chi connectivity index (χ1n) is 7.04. The van der Waals surface area contributed by atoms with E-state index in [4.69, 9.17) is 27.9 Å². The Morgan fingerprint density at radius 2 is 1.81 bits per heavy atom. The normalized spacial score (nSPS) is 12.0. The van der Waals surface area contributed by atoms with E-state index in [0.29, 0.717) is 10.0 Å². The van der Waals surface area contributed by atoms with Crippen LogP contribution in [0.5, 0.6) is 5.75 Å². The Balaban J connectivity index is 2.03. The summed E-state index contributed by atoms with van der Waals surface area (Å²) in [7, 11) is 0. The third-order valence-electron chi connectivity index (χ3n) is 3.14. The highest BCUT2D eigenvalue weighted by Gasteiger charge is 2.10. The molecule has 2 aromatic rings. The van der Waals surface area contributed by atoms with Crippen LogP contribution in [0.15, 0.2) is 42.5 Å². The molecule has 0 aliphatic carbocycles. The van der Waals surface area contributed by atoms with Crippen LogP contribution in [0.25, 0.3) is 0 Å². The molecular formula is C17H19Cl2NO. The molecule has 0 saturated heterocycles. The van der Waals surface area contributed by atoms with Gasteiger partial charge in [0.15, 0.2) is 0 Å². The van der Waals surface area contributed by atoms with Crippen molar-refractivity contribution in [1.29, 1.82) is 0 Å². The van der Waals surface area contributed by atoms with Crippen LogP contribution in [0.1, 0.15) is 31.9 Å². The molecule has 21 heavy (non-hydrogen) atoms. The summed E-state index contributed by atoms with van der Waals surface area (Å²) in [5.41, 5.74) is 2.05. The van der Waals surface area contributed by atoms with Crippen molar-refractivity contribution in [3.8, 4) is 5.75 Å². The maximum Gasteiger partial charge on any atom is 0.119 e. The topological polar surface area (TPSA) is 21.3 Å². The van der Waals surface area contributed by atoms with Gasteiger partial charge in [0.25, 0.3) is 0 Å². The molecule has 2 nitrogen and oxygen atoms in total. The Hall–Kier alpha value is -1.38. The molecule has 0 saturated carbocycles. The number of benzene rings is 2. The average Bonchev–Trinajstić information content (AvgIpc) is 2.46. The van der Waals surface area contributed by atoms with Gasteiger partial charge in [0, 0.05) is 21.8 Å². The molecule has 2 rings (SSSR count). The van der Waals surface area contributed by atoms with E-state index >= 15 is 0 Å². The van der Waals surface area contributed by atoms with Crippen molar-refractivity contribution < 1.29 is 4.74 Å². The smallest absolute Gasteiger partial charge is 0.119 e. The Bertz CT molecular complexity index is 584. The lowest BCUT2D eigenvalue weighted by molar-refractivity contribution is 0.317.